The van der Waals surface area contributed by atoms with Gasteiger partial charge in [-0.15, -0.1) is 0 Å². The molecule has 2 aliphatic rings. The van der Waals surface area contributed by atoms with Gasteiger partial charge >= 0.3 is 0 Å². The molecule has 7 heteroatoms. The van der Waals surface area contributed by atoms with Gasteiger partial charge in [0.25, 0.3) is 0 Å². The lowest BCUT2D eigenvalue weighted by Gasteiger charge is -2.09. The van der Waals surface area contributed by atoms with Gasteiger partial charge in [-0.3, -0.25) is 4.68 Å². The first kappa shape index (κ1) is 14.0. The van der Waals surface area contributed by atoms with Gasteiger partial charge < -0.3 is 5.32 Å². The predicted molar refractivity (Wildman–Crippen MR) is 75.8 cm³/mol. The summed E-state index contributed by atoms with van der Waals surface area (Å²) in [6.07, 6.45) is 7.73. The second kappa shape index (κ2) is 5.13. The van der Waals surface area contributed by atoms with Crippen molar-refractivity contribution < 1.29 is 8.42 Å². The van der Waals surface area contributed by atoms with E-state index in [0.717, 1.165) is 19.4 Å². The second-order valence-corrected chi connectivity index (χ2v) is 8.07. The topological polar surface area (TPSA) is 76.0 Å². The Kier molecular flexibility index (Phi) is 3.60. The first-order chi connectivity index (χ1) is 9.47. The van der Waals surface area contributed by atoms with Crippen molar-refractivity contribution in [3.05, 3.63) is 12.4 Å². The maximum Gasteiger partial charge on any atom is 0.243 e. The van der Waals surface area contributed by atoms with Crippen molar-refractivity contribution in [1.29, 1.82) is 0 Å². The molecule has 0 atom stereocenters. The summed E-state index contributed by atoms with van der Waals surface area (Å²) in [4.78, 5) is 0.258. The zero-order valence-electron chi connectivity index (χ0n) is 11.8. The molecule has 2 saturated carbocycles. The van der Waals surface area contributed by atoms with Crippen LogP contribution in [0.15, 0.2) is 17.3 Å². The van der Waals surface area contributed by atoms with Crippen LogP contribution in [0.5, 0.6) is 0 Å². The molecule has 2 N–H and O–H groups in total. The van der Waals surface area contributed by atoms with E-state index in [9.17, 15) is 8.42 Å². The summed E-state index contributed by atoms with van der Waals surface area (Å²) in [7, 11) is -3.42. The maximum absolute atomic E-state index is 12.1. The summed E-state index contributed by atoms with van der Waals surface area (Å²) < 4.78 is 28.6. The Balaban J connectivity index is 1.53. The lowest BCUT2D eigenvalue weighted by atomic mass is 10.2. The molecule has 0 bridgehead atoms. The van der Waals surface area contributed by atoms with E-state index in [1.165, 1.54) is 19.0 Å². The number of hydrogen-bond donors (Lipinski definition) is 2. The molecule has 0 amide bonds. The first-order valence-corrected chi connectivity index (χ1v) is 8.71. The minimum absolute atomic E-state index is 0.164. The summed E-state index contributed by atoms with van der Waals surface area (Å²) in [5.41, 5.74) is 0.164. The van der Waals surface area contributed by atoms with Gasteiger partial charge in [-0.25, -0.2) is 13.1 Å². The van der Waals surface area contributed by atoms with Gasteiger partial charge in [0.1, 0.15) is 4.90 Å². The molecule has 0 unspecified atom stereocenters. The molecule has 6 nitrogen and oxygen atoms in total. The van der Waals surface area contributed by atoms with Crippen molar-refractivity contribution in [1.82, 2.24) is 19.8 Å². The number of nitrogens with zero attached hydrogens (tertiary/aromatic N) is 2. The van der Waals surface area contributed by atoms with Gasteiger partial charge in [0.2, 0.25) is 10.0 Å². The van der Waals surface area contributed by atoms with Crippen molar-refractivity contribution in [3.8, 4) is 0 Å². The lowest BCUT2D eigenvalue weighted by Crippen LogP contribution is -2.29. The Morgan fingerprint density at radius 2 is 2.20 bits per heavy atom. The SMILES string of the molecule is CC1(CNS(=O)(=O)c2cnn(CCNC3CC3)c2)CC1. The van der Waals surface area contributed by atoms with Crippen LogP contribution in [-0.2, 0) is 16.6 Å². The Hall–Kier alpha value is -0.920. The van der Waals surface area contributed by atoms with E-state index in [2.05, 4.69) is 22.1 Å². The van der Waals surface area contributed by atoms with Crippen LogP contribution in [0.3, 0.4) is 0 Å². The Morgan fingerprint density at radius 1 is 1.45 bits per heavy atom. The van der Waals surface area contributed by atoms with Gasteiger partial charge in [-0.05, 0) is 31.1 Å². The number of sulfonamides is 1. The molecule has 0 spiro atoms. The lowest BCUT2D eigenvalue weighted by molar-refractivity contribution is 0.529. The predicted octanol–water partition coefficient (Wildman–Crippen LogP) is 0.713. The van der Waals surface area contributed by atoms with Gasteiger partial charge in [0.15, 0.2) is 0 Å². The van der Waals surface area contributed by atoms with E-state index >= 15 is 0 Å². The van der Waals surface area contributed by atoms with Crippen LogP contribution in [0.4, 0.5) is 0 Å². The highest BCUT2D eigenvalue weighted by Gasteiger charge is 2.38. The van der Waals surface area contributed by atoms with E-state index in [1.807, 2.05) is 0 Å². The first-order valence-electron chi connectivity index (χ1n) is 7.22. The Morgan fingerprint density at radius 3 is 2.85 bits per heavy atom. The number of aromatic nitrogens is 2. The van der Waals surface area contributed by atoms with Crippen LogP contribution in [0.25, 0.3) is 0 Å². The summed E-state index contributed by atoms with van der Waals surface area (Å²) in [6, 6.07) is 0.662. The van der Waals surface area contributed by atoms with E-state index < -0.39 is 10.0 Å². The Bertz CT molecular complexity index is 573. The molecular formula is C13H22N4O2S. The average Bonchev–Trinajstić information content (AvgIpc) is 3.30. The standard InChI is InChI=1S/C13H22N4O2S/c1-13(4-5-13)10-16-20(18,19)12-8-15-17(9-12)7-6-14-11-2-3-11/h8-9,11,14,16H,2-7,10H2,1H3. The fraction of sp³-hybridized carbons (Fsp3) is 0.769. The molecule has 2 fully saturated rings. The monoisotopic (exact) mass is 298 g/mol. The molecule has 0 radical (unpaired) electrons. The molecule has 2 aliphatic carbocycles. The van der Waals surface area contributed by atoms with Crippen LogP contribution in [0.2, 0.25) is 0 Å². The van der Waals surface area contributed by atoms with Crippen LogP contribution < -0.4 is 10.0 Å². The van der Waals surface area contributed by atoms with Gasteiger partial charge in [-0.1, -0.05) is 6.92 Å². The molecule has 0 saturated heterocycles. The van der Waals surface area contributed by atoms with Gasteiger partial charge in [-0.2, -0.15) is 5.10 Å². The van der Waals surface area contributed by atoms with Gasteiger partial charge in [0, 0.05) is 25.3 Å². The van der Waals surface area contributed by atoms with E-state index in [4.69, 9.17) is 0 Å². The quantitative estimate of drug-likeness (QED) is 0.741. The highest BCUT2D eigenvalue weighted by Crippen LogP contribution is 2.44. The highest BCUT2D eigenvalue weighted by molar-refractivity contribution is 7.89. The number of hydrogen-bond acceptors (Lipinski definition) is 4. The summed E-state index contributed by atoms with van der Waals surface area (Å²) in [5, 5.41) is 7.50. The van der Waals surface area contributed by atoms with Gasteiger partial charge in [0.05, 0.1) is 12.7 Å². The van der Waals surface area contributed by atoms with Crippen LogP contribution >= 0.6 is 0 Å². The molecule has 1 heterocycles. The molecule has 20 heavy (non-hydrogen) atoms. The highest BCUT2D eigenvalue weighted by atomic mass is 32.2. The van der Waals surface area contributed by atoms with Crippen molar-refractivity contribution in [2.45, 2.75) is 50.1 Å². The maximum atomic E-state index is 12.1. The normalized spacial score (nSPS) is 21.1. The average molecular weight is 298 g/mol. The third-order valence-electron chi connectivity index (χ3n) is 4.06. The molecule has 1 aromatic rings. The summed E-state index contributed by atoms with van der Waals surface area (Å²) in [6.45, 7) is 4.15. The largest absolute Gasteiger partial charge is 0.312 e. The molecule has 112 valence electrons. The fourth-order valence-electron chi connectivity index (χ4n) is 2.02. The molecule has 3 rings (SSSR count). The number of rotatable bonds is 8. The third-order valence-corrected chi connectivity index (χ3v) is 5.42. The zero-order valence-corrected chi connectivity index (χ0v) is 12.6. The summed E-state index contributed by atoms with van der Waals surface area (Å²) >= 11 is 0. The van der Waals surface area contributed by atoms with Crippen LogP contribution in [0, 0.1) is 5.41 Å². The van der Waals surface area contributed by atoms with Crippen LogP contribution in [0.1, 0.15) is 32.6 Å². The van der Waals surface area contributed by atoms with Crippen LogP contribution in [-0.4, -0.2) is 37.3 Å². The van der Waals surface area contributed by atoms with Crippen molar-refractivity contribution >= 4 is 10.0 Å². The second-order valence-electron chi connectivity index (χ2n) is 6.30. The minimum Gasteiger partial charge on any atom is -0.312 e. The molecular weight excluding hydrogens is 276 g/mol. The zero-order chi connectivity index (χ0) is 14.2. The number of nitrogens with one attached hydrogen (secondary N) is 2. The fourth-order valence-corrected chi connectivity index (χ4v) is 3.17. The molecule has 1 aromatic heterocycles. The van der Waals surface area contributed by atoms with Crippen molar-refractivity contribution in [2.24, 2.45) is 5.41 Å². The molecule has 0 aliphatic heterocycles. The van der Waals surface area contributed by atoms with E-state index in [0.29, 0.717) is 19.1 Å². The minimum atomic E-state index is -3.42. The smallest absolute Gasteiger partial charge is 0.243 e. The van der Waals surface area contributed by atoms with E-state index in [1.54, 1.807) is 10.9 Å². The van der Waals surface area contributed by atoms with Crippen molar-refractivity contribution in [2.75, 3.05) is 13.1 Å². The molecule has 0 aromatic carbocycles. The van der Waals surface area contributed by atoms with E-state index in [-0.39, 0.29) is 10.3 Å². The third kappa shape index (κ3) is 3.59. The summed E-state index contributed by atoms with van der Waals surface area (Å²) in [5.74, 6) is 0. The Labute approximate surface area is 120 Å². The van der Waals surface area contributed by atoms with Crippen molar-refractivity contribution in [3.63, 3.8) is 0 Å².